The molecule has 0 saturated heterocycles. The number of hydrogen-bond donors (Lipinski definition) is 0. The van der Waals surface area contributed by atoms with Crippen LogP contribution in [0, 0.1) is 0 Å². The summed E-state index contributed by atoms with van der Waals surface area (Å²) in [5.74, 6) is 0. The van der Waals surface area contributed by atoms with Gasteiger partial charge in [0, 0.05) is 6.61 Å². The largest absolute Gasteiger partial charge is 0.379 e. The number of rotatable bonds is 19. The second-order valence-corrected chi connectivity index (χ2v) is 7.36. The summed E-state index contributed by atoms with van der Waals surface area (Å²) in [7, 11) is 0. The molecule has 0 aliphatic carbocycles. The molecule has 0 aromatic rings. The van der Waals surface area contributed by atoms with E-state index in [-0.39, 0.29) is 0 Å². The number of hydrogen-bond acceptors (Lipinski definition) is 1. The highest BCUT2D eigenvalue weighted by Crippen LogP contribution is 2.14. The summed E-state index contributed by atoms with van der Waals surface area (Å²) in [6.45, 7) is 7.45. The monoisotopic (exact) mass is 326 g/mol. The molecule has 0 rings (SSSR count). The third-order valence-electron chi connectivity index (χ3n) is 4.92. The van der Waals surface area contributed by atoms with E-state index in [0.717, 1.165) is 6.61 Å². The smallest absolute Gasteiger partial charge is 0.0546 e. The second-order valence-electron chi connectivity index (χ2n) is 7.36. The Balaban J connectivity index is 3.00. The van der Waals surface area contributed by atoms with Gasteiger partial charge in [0.05, 0.1) is 6.10 Å². The van der Waals surface area contributed by atoms with Gasteiger partial charge in [-0.2, -0.15) is 0 Å². The van der Waals surface area contributed by atoms with E-state index >= 15 is 0 Å². The maximum atomic E-state index is 5.57. The highest BCUT2D eigenvalue weighted by atomic mass is 16.5. The zero-order chi connectivity index (χ0) is 17.0. The zero-order valence-electron chi connectivity index (χ0n) is 16.7. The summed E-state index contributed by atoms with van der Waals surface area (Å²) in [6.07, 6.45) is 24.8. The van der Waals surface area contributed by atoms with E-state index in [1.807, 2.05) is 0 Å². The maximum Gasteiger partial charge on any atom is 0.0546 e. The van der Waals surface area contributed by atoms with Crippen LogP contribution in [0.1, 0.15) is 130 Å². The lowest BCUT2D eigenvalue weighted by atomic mass is 10.0. The van der Waals surface area contributed by atoms with Crippen LogP contribution in [0.3, 0.4) is 0 Å². The Hall–Kier alpha value is -0.0400. The van der Waals surface area contributed by atoms with Gasteiger partial charge in [-0.25, -0.2) is 0 Å². The normalized spacial score (nSPS) is 12.7. The van der Waals surface area contributed by atoms with E-state index in [0.29, 0.717) is 6.10 Å². The summed E-state index contributed by atoms with van der Waals surface area (Å²) in [6, 6.07) is 0. The van der Waals surface area contributed by atoms with Crippen LogP contribution in [-0.2, 0) is 4.74 Å². The van der Waals surface area contributed by atoms with Crippen molar-refractivity contribution in [3.8, 4) is 0 Å². The molecule has 23 heavy (non-hydrogen) atoms. The predicted octanol–water partition coefficient (Wildman–Crippen LogP) is 8.06. The average Bonchev–Trinajstić information content (AvgIpc) is 2.54. The minimum Gasteiger partial charge on any atom is -0.379 e. The van der Waals surface area contributed by atoms with Crippen LogP contribution in [0.5, 0.6) is 0 Å². The van der Waals surface area contributed by atoms with Gasteiger partial charge >= 0.3 is 0 Å². The topological polar surface area (TPSA) is 9.23 Å². The molecule has 0 radical (unpaired) electrons. The van der Waals surface area contributed by atoms with E-state index in [1.165, 1.54) is 109 Å². The third-order valence-corrected chi connectivity index (χ3v) is 4.92. The van der Waals surface area contributed by atoms with Crippen LogP contribution in [0.2, 0.25) is 0 Å². The van der Waals surface area contributed by atoms with Gasteiger partial charge in [-0.3, -0.25) is 0 Å². The fourth-order valence-electron chi connectivity index (χ4n) is 3.35. The van der Waals surface area contributed by atoms with Gasteiger partial charge in [-0.15, -0.1) is 0 Å². The molecule has 1 atom stereocenters. The molecule has 0 aliphatic rings. The summed E-state index contributed by atoms with van der Waals surface area (Å²) in [5.41, 5.74) is 0. The van der Waals surface area contributed by atoms with Crippen molar-refractivity contribution < 1.29 is 4.74 Å². The van der Waals surface area contributed by atoms with Crippen molar-refractivity contribution >= 4 is 0 Å². The first kappa shape index (κ1) is 23.0. The van der Waals surface area contributed by atoms with Gasteiger partial charge in [0.1, 0.15) is 0 Å². The molecule has 0 bridgehead atoms. The molecular formula is C22H46O. The van der Waals surface area contributed by atoms with Crippen LogP contribution in [0.25, 0.3) is 0 Å². The van der Waals surface area contributed by atoms with Gasteiger partial charge in [0.25, 0.3) is 0 Å². The highest BCUT2D eigenvalue weighted by Gasteiger charge is 2.00. The maximum absolute atomic E-state index is 5.57. The molecule has 0 aromatic carbocycles. The molecule has 0 fully saturated rings. The standard InChI is InChI=1S/C22H46O/c1-4-6-7-8-9-10-11-12-13-14-15-16-17-18-19-20-21-22(3)23-5-2/h22H,4-21H2,1-3H3. The van der Waals surface area contributed by atoms with Gasteiger partial charge < -0.3 is 4.74 Å². The Labute approximate surface area is 148 Å². The van der Waals surface area contributed by atoms with Gasteiger partial charge in [-0.05, 0) is 20.3 Å². The molecule has 1 heteroatoms. The number of unbranched alkanes of at least 4 members (excludes halogenated alkanes) is 15. The van der Waals surface area contributed by atoms with Crippen LogP contribution in [0.4, 0.5) is 0 Å². The highest BCUT2D eigenvalue weighted by molar-refractivity contribution is 4.53. The van der Waals surface area contributed by atoms with Crippen molar-refractivity contribution in [3.05, 3.63) is 0 Å². The first-order valence-corrected chi connectivity index (χ1v) is 10.9. The van der Waals surface area contributed by atoms with Gasteiger partial charge in [0.15, 0.2) is 0 Å². The quantitative estimate of drug-likeness (QED) is 0.218. The lowest BCUT2D eigenvalue weighted by molar-refractivity contribution is 0.0683. The van der Waals surface area contributed by atoms with E-state index in [4.69, 9.17) is 4.74 Å². The second kappa shape index (κ2) is 20.0. The Bertz CT molecular complexity index is 202. The molecule has 0 heterocycles. The summed E-state index contributed by atoms with van der Waals surface area (Å²) in [5, 5.41) is 0. The average molecular weight is 327 g/mol. The van der Waals surface area contributed by atoms with Crippen LogP contribution < -0.4 is 0 Å². The fraction of sp³-hybridized carbons (Fsp3) is 1.00. The molecule has 0 saturated carbocycles. The SMILES string of the molecule is CCCCCCCCCCCCCCCCCCC(C)OCC. The molecule has 0 aliphatic heterocycles. The Morgan fingerprint density at radius 2 is 0.870 bits per heavy atom. The molecule has 0 amide bonds. The Morgan fingerprint density at radius 1 is 0.522 bits per heavy atom. The molecule has 1 nitrogen and oxygen atoms in total. The Morgan fingerprint density at radius 3 is 1.22 bits per heavy atom. The van der Waals surface area contributed by atoms with Crippen LogP contribution in [0.15, 0.2) is 0 Å². The fourth-order valence-corrected chi connectivity index (χ4v) is 3.35. The predicted molar refractivity (Wildman–Crippen MR) is 105 cm³/mol. The van der Waals surface area contributed by atoms with E-state index < -0.39 is 0 Å². The summed E-state index contributed by atoms with van der Waals surface area (Å²) >= 11 is 0. The summed E-state index contributed by atoms with van der Waals surface area (Å²) in [4.78, 5) is 0. The van der Waals surface area contributed by atoms with Crippen molar-refractivity contribution in [2.45, 2.75) is 136 Å². The van der Waals surface area contributed by atoms with Crippen LogP contribution >= 0.6 is 0 Å². The molecule has 140 valence electrons. The lowest BCUT2D eigenvalue weighted by Gasteiger charge is -2.10. The molecule has 0 spiro atoms. The number of ether oxygens (including phenoxy) is 1. The van der Waals surface area contributed by atoms with E-state index in [1.54, 1.807) is 0 Å². The zero-order valence-corrected chi connectivity index (χ0v) is 16.7. The van der Waals surface area contributed by atoms with E-state index in [9.17, 15) is 0 Å². The first-order valence-electron chi connectivity index (χ1n) is 10.9. The van der Waals surface area contributed by atoms with Crippen molar-refractivity contribution in [2.24, 2.45) is 0 Å². The molecular weight excluding hydrogens is 280 g/mol. The van der Waals surface area contributed by atoms with Crippen molar-refractivity contribution in [3.63, 3.8) is 0 Å². The summed E-state index contributed by atoms with van der Waals surface area (Å²) < 4.78 is 5.57. The van der Waals surface area contributed by atoms with Crippen LogP contribution in [-0.4, -0.2) is 12.7 Å². The van der Waals surface area contributed by atoms with Crippen molar-refractivity contribution in [1.29, 1.82) is 0 Å². The first-order chi connectivity index (χ1) is 11.3. The minimum absolute atomic E-state index is 0.464. The lowest BCUT2D eigenvalue weighted by Crippen LogP contribution is -2.07. The molecule has 0 aromatic heterocycles. The Kier molecular flexibility index (Phi) is 20.0. The van der Waals surface area contributed by atoms with Crippen molar-refractivity contribution in [1.82, 2.24) is 0 Å². The third kappa shape index (κ3) is 19.9. The molecule has 0 N–H and O–H groups in total. The van der Waals surface area contributed by atoms with Crippen molar-refractivity contribution in [2.75, 3.05) is 6.61 Å². The minimum atomic E-state index is 0.464. The van der Waals surface area contributed by atoms with E-state index in [2.05, 4.69) is 20.8 Å². The molecule has 1 unspecified atom stereocenters. The van der Waals surface area contributed by atoms with Gasteiger partial charge in [-0.1, -0.05) is 110 Å². The van der Waals surface area contributed by atoms with Gasteiger partial charge in [0.2, 0.25) is 0 Å².